The first kappa shape index (κ1) is 14.6. The van der Waals surface area contributed by atoms with Crippen LogP contribution in [0.1, 0.15) is 24.1 Å². The maximum atomic E-state index is 13.6. The molecule has 0 heterocycles. The molecule has 1 N–H and O–H groups in total. The highest BCUT2D eigenvalue weighted by Gasteiger charge is 2.13. The maximum absolute atomic E-state index is 13.6. The van der Waals surface area contributed by atoms with Crippen LogP contribution < -0.4 is 5.32 Å². The van der Waals surface area contributed by atoms with Crippen LogP contribution in [0.2, 0.25) is 0 Å². The van der Waals surface area contributed by atoms with Gasteiger partial charge in [-0.3, -0.25) is 0 Å². The molecular weight excluding hydrogens is 263 g/mol. The van der Waals surface area contributed by atoms with Gasteiger partial charge in [-0.15, -0.1) is 0 Å². The minimum Gasteiger partial charge on any atom is -0.310 e. The third kappa shape index (κ3) is 3.61. The summed E-state index contributed by atoms with van der Waals surface area (Å²) in [6.45, 7) is 2.32. The summed E-state index contributed by atoms with van der Waals surface area (Å²) in [5.41, 5.74) is 1.16. The largest absolute Gasteiger partial charge is 0.310 e. The topological polar surface area (TPSA) is 12.0 Å². The van der Waals surface area contributed by atoms with Gasteiger partial charge in [0.2, 0.25) is 0 Å². The lowest BCUT2D eigenvalue weighted by atomic mass is 10.1. The lowest BCUT2D eigenvalue weighted by Crippen LogP contribution is -2.22. The molecule has 106 valence electrons. The third-order valence-electron chi connectivity index (χ3n) is 3.20. The third-order valence-corrected chi connectivity index (χ3v) is 3.20. The van der Waals surface area contributed by atoms with Gasteiger partial charge in [0.05, 0.1) is 0 Å². The van der Waals surface area contributed by atoms with Crippen LogP contribution in [-0.2, 0) is 6.42 Å². The van der Waals surface area contributed by atoms with Gasteiger partial charge in [0.25, 0.3) is 0 Å². The number of hydrogen-bond acceptors (Lipinski definition) is 1. The zero-order chi connectivity index (χ0) is 14.5. The molecule has 0 bridgehead atoms. The van der Waals surface area contributed by atoms with Crippen LogP contribution in [0.5, 0.6) is 0 Å². The fourth-order valence-corrected chi connectivity index (χ4v) is 2.09. The van der Waals surface area contributed by atoms with Crippen molar-refractivity contribution in [3.8, 4) is 0 Å². The molecule has 0 saturated heterocycles. The van der Waals surface area contributed by atoms with Crippen molar-refractivity contribution >= 4 is 0 Å². The minimum atomic E-state index is -0.846. The van der Waals surface area contributed by atoms with Gasteiger partial charge < -0.3 is 5.32 Å². The van der Waals surface area contributed by atoms with Crippen LogP contribution >= 0.6 is 0 Å². The monoisotopic (exact) mass is 279 g/mol. The van der Waals surface area contributed by atoms with Crippen LogP contribution in [0, 0.1) is 17.5 Å². The summed E-state index contributed by atoms with van der Waals surface area (Å²) in [5.74, 6) is -1.94. The molecule has 2 aromatic rings. The lowest BCUT2D eigenvalue weighted by molar-refractivity contribution is 0.474. The molecule has 0 spiro atoms. The van der Waals surface area contributed by atoms with E-state index in [1.807, 2.05) is 6.07 Å². The van der Waals surface area contributed by atoms with Crippen molar-refractivity contribution in [3.63, 3.8) is 0 Å². The Bertz CT molecular complexity index is 584. The molecule has 0 aliphatic rings. The Balaban J connectivity index is 1.92. The van der Waals surface area contributed by atoms with Gasteiger partial charge in [-0.2, -0.15) is 0 Å². The Morgan fingerprint density at radius 3 is 2.55 bits per heavy atom. The molecule has 0 fully saturated rings. The molecule has 0 amide bonds. The van der Waals surface area contributed by atoms with Crippen LogP contribution in [0.4, 0.5) is 13.2 Å². The van der Waals surface area contributed by atoms with Crippen LogP contribution in [0.15, 0.2) is 42.5 Å². The smallest absolute Gasteiger partial charge is 0.163 e. The van der Waals surface area contributed by atoms with E-state index in [9.17, 15) is 13.2 Å². The molecule has 0 aliphatic carbocycles. The molecule has 1 nitrogen and oxygen atoms in total. The van der Waals surface area contributed by atoms with E-state index in [0.717, 1.165) is 11.6 Å². The number of nitrogens with one attached hydrogen (secondary N) is 1. The fraction of sp³-hybridized carbons (Fsp3) is 0.250. The van der Waals surface area contributed by atoms with Gasteiger partial charge in [0.15, 0.2) is 11.6 Å². The zero-order valence-electron chi connectivity index (χ0n) is 11.2. The molecule has 0 aliphatic heterocycles. The van der Waals surface area contributed by atoms with Crippen LogP contribution in [0.3, 0.4) is 0 Å². The molecule has 0 aromatic heterocycles. The lowest BCUT2D eigenvalue weighted by Gasteiger charge is -2.15. The highest BCUT2D eigenvalue weighted by molar-refractivity contribution is 5.22. The van der Waals surface area contributed by atoms with Crippen molar-refractivity contribution in [3.05, 3.63) is 71.0 Å². The predicted molar refractivity (Wildman–Crippen MR) is 72.9 cm³/mol. The van der Waals surface area contributed by atoms with E-state index in [2.05, 4.69) is 5.32 Å². The number of hydrogen-bond donors (Lipinski definition) is 1. The van der Waals surface area contributed by atoms with Gasteiger partial charge in [0, 0.05) is 11.6 Å². The van der Waals surface area contributed by atoms with E-state index in [-0.39, 0.29) is 11.9 Å². The number of rotatable bonds is 5. The summed E-state index contributed by atoms with van der Waals surface area (Å²) in [6, 6.07) is 10.2. The minimum absolute atomic E-state index is 0.272. The highest BCUT2D eigenvalue weighted by Crippen LogP contribution is 2.18. The molecule has 1 unspecified atom stereocenters. The first-order valence-electron chi connectivity index (χ1n) is 6.49. The molecule has 4 heteroatoms. The van der Waals surface area contributed by atoms with Crippen LogP contribution in [0.25, 0.3) is 0 Å². The average Bonchev–Trinajstić information content (AvgIpc) is 2.42. The Hall–Kier alpha value is -1.81. The predicted octanol–water partition coefficient (Wildman–Crippen LogP) is 4.00. The van der Waals surface area contributed by atoms with Crippen molar-refractivity contribution in [2.75, 3.05) is 6.54 Å². The second-order valence-electron chi connectivity index (χ2n) is 4.70. The quantitative estimate of drug-likeness (QED) is 0.872. The summed E-state index contributed by atoms with van der Waals surface area (Å²) in [5, 5.41) is 3.11. The van der Waals surface area contributed by atoms with E-state index in [1.54, 1.807) is 19.1 Å². The summed E-state index contributed by atoms with van der Waals surface area (Å²) in [6.07, 6.45) is 0.624. The van der Waals surface area contributed by atoms with E-state index in [1.165, 1.54) is 18.2 Å². The van der Waals surface area contributed by atoms with E-state index < -0.39 is 11.6 Å². The average molecular weight is 279 g/mol. The first-order chi connectivity index (χ1) is 9.58. The van der Waals surface area contributed by atoms with Gasteiger partial charge in [0.1, 0.15) is 5.82 Å². The van der Waals surface area contributed by atoms with Gasteiger partial charge in [-0.1, -0.05) is 24.3 Å². The highest BCUT2D eigenvalue weighted by atomic mass is 19.2. The van der Waals surface area contributed by atoms with Crippen LogP contribution in [-0.4, -0.2) is 6.54 Å². The summed E-state index contributed by atoms with van der Waals surface area (Å²) >= 11 is 0. The Morgan fingerprint density at radius 1 is 1.05 bits per heavy atom. The van der Waals surface area contributed by atoms with Crippen molar-refractivity contribution < 1.29 is 13.2 Å². The molecule has 1 atom stereocenters. The summed E-state index contributed by atoms with van der Waals surface area (Å²) < 4.78 is 39.7. The van der Waals surface area contributed by atoms with E-state index >= 15 is 0 Å². The maximum Gasteiger partial charge on any atom is 0.163 e. The van der Waals surface area contributed by atoms with Crippen molar-refractivity contribution in [2.45, 2.75) is 19.4 Å². The summed E-state index contributed by atoms with van der Waals surface area (Å²) in [7, 11) is 0. The molecule has 0 saturated carbocycles. The Kier molecular flexibility index (Phi) is 4.79. The molecule has 0 radical (unpaired) electrons. The fourth-order valence-electron chi connectivity index (χ4n) is 2.09. The Morgan fingerprint density at radius 2 is 1.80 bits per heavy atom. The second-order valence-corrected chi connectivity index (χ2v) is 4.70. The van der Waals surface area contributed by atoms with E-state index in [0.29, 0.717) is 18.5 Å². The standard InChI is InChI=1S/C16H16F3N/c1-11(14-6-3-7-15(18)16(14)19)20-9-8-12-4-2-5-13(17)10-12/h2-7,10-11,20H,8-9H2,1H3. The summed E-state index contributed by atoms with van der Waals surface area (Å²) in [4.78, 5) is 0. The number of halogens is 3. The van der Waals surface area contributed by atoms with Crippen molar-refractivity contribution in [1.82, 2.24) is 5.32 Å². The van der Waals surface area contributed by atoms with Gasteiger partial charge >= 0.3 is 0 Å². The zero-order valence-corrected chi connectivity index (χ0v) is 11.2. The Labute approximate surface area is 116 Å². The molecule has 2 aromatic carbocycles. The molecule has 2 rings (SSSR count). The normalized spacial score (nSPS) is 12.4. The van der Waals surface area contributed by atoms with E-state index in [4.69, 9.17) is 0 Å². The molecule has 20 heavy (non-hydrogen) atoms. The first-order valence-corrected chi connectivity index (χ1v) is 6.49. The second kappa shape index (κ2) is 6.57. The SMILES string of the molecule is CC(NCCc1cccc(F)c1)c1cccc(F)c1F. The van der Waals surface area contributed by atoms with Crippen molar-refractivity contribution in [2.24, 2.45) is 0 Å². The van der Waals surface area contributed by atoms with Gasteiger partial charge in [-0.25, -0.2) is 13.2 Å². The number of benzene rings is 2. The van der Waals surface area contributed by atoms with Gasteiger partial charge in [-0.05, 0) is 43.7 Å². The molecular formula is C16H16F3N. The van der Waals surface area contributed by atoms with Crippen molar-refractivity contribution in [1.29, 1.82) is 0 Å².